The van der Waals surface area contributed by atoms with E-state index in [1.807, 2.05) is 6.07 Å². The van der Waals surface area contributed by atoms with Gasteiger partial charge in [-0.3, -0.25) is 9.59 Å². The summed E-state index contributed by atoms with van der Waals surface area (Å²) in [5.74, 6) is -1.70. The van der Waals surface area contributed by atoms with E-state index in [0.29, 0.717) is 5.56 Å². The Bertz CT molecular complexity index is 797. The molecule has 1 atom stereocenters. The molecule has 1 aliphatic rings. The van der Waals surface area contributed by atoms with Crippen LogP contribution in [0.15, 0.2) is 64.5 Å². The first-order valence-electron chi connectivity index (χ1n) is 8.21. The Morgan fingerprint density at radius 3 is 2.58 bits per heavy atom. The summed E-state index contributed by atoms with van der Waals surface area (Å²) in [6, 6.07) is 11.3. The van der Waals surface area contributed by atoms with Crippen LogP contribution in [-0.4, -0.2) is 53.2 Å². The van der Waals surface area contributed by atoms with Gasteiger partial charge >= 0.3 is 0 Å². The van der Waals surface area contributed by atoms with Crippen LogP contribution in [0.3, 0.4) is 0 Å². The molecule has 2 aromatic rings. The van der Waals surface area contributed by atoms with Crippen LogP contribution >= 0.6 is 0 Å². The number of carbonyl (C=O) groups excluding carboxylic acids is 2. The minimum atomic E-state index is -0.737. The van der Waals surface area contributed by atoms with Crippen LogP contribution in [0.4, 0.5) is 0 Å². The van der Waals surface area contributed by atoms with Crippen LogP contribution in [0.25, 0.3) is 0 Å². The minimum absolute atomic E-state index is 0.0155. The highest BCUT2D eigenvalue weighted by molar-refractivity contribution is 6.14. The molecule has 0 spiro atoms. The Balaban J connectivity index is 1.95. The topological polar surface area (TPSA) is 100 Å². The highest BCUT2D eigenvalue weighted by atomic mass is 16.5. The number of aliphatic hydroxyl groups excluding tert-OH is 2. The molecule has 0 saturated carbocycles. The maximum absolute atomic E-state index is 12.8. The Labute approximate surface area is 150 Å². The Kier molecular flexibility index (Phi) is 5.50. The maximum Gasteiger partial charge on any atom is 0.290 e. The fourth-order valence-corrected chi connectivity index (χ4v) is 2.97. The summed E-state index contributed by atoms with van der Waals surface area (Å²) >= 11 is 0. The first kappa shape index (κ1) is 17.9. The molecule has 0 radical (unpaired) electrons. The average molecular weight is 357 g/mol. The number of carbonyl (C=O) groups is 2. The first-order chi connectivity index (χ1) is 12.6. The van der Waals surface area contributed by atoms with Crippen LogP contribution in [0.1, 0.15) is 22.2 Å². The molecular weight excluding hydrogens is 338 g/mol. The largest absolute Gasteiger partial charge is 0.503 e. The molecule has 1 aromatic heterocycles. The van der Waals surface area contributed by atoms with Gasteiger partial charge in [-0.1, -0.05) is 30.3 Å². The van der Waals surface area contributed by atoms with E-state index in [0.717, 1.165) is 0 Å². The van der Waals surface area contributed by atoms with E-state index in [4.69, 9.17) is 14.3 Å². The minimum Gasteiger partial charge on any atom is -0.503 e. The van der Waals surface area contributed by atoms with Crippen molar-refractivity contribution < 1.29 is 29.0 Å². The van der Waals surface area contributed by atoms with Crippen molar-refractivity contribution in [2.75, 3.05) is 26.4 Å². The summed E-state index contributed by atoms with van der Waals surface area (Å²) in [7, 11) is 0. The first-order valence-corrected chi connectivity index (χ1v) is 8.21. The zero-order chi connectivity index (χ0) is 18.5. The Morgan fingerprint density at radius 2 is 1.92 bits per heavy atom. The molecule has 0 saturated heterocycles. The van der Waals surface area contributed by atoms with Crippen molar-refractivity contribution in [3.05, 3.63) is 71.4 Å². The summed E-state index contributed by atoms with van der Waals surface area (Å²) in [5, 5.41) is 19.2. The van der Waals surface area contributed by atoms with Gasteiger partial charge in [0.05, 0.1) is 37.7 Å². The SMILES string of the molecule is O=C(C1=C(O)C(=O)N(CCOCCO)[C@@H]1c1ccccc1)c1ccco1. The number of benzene rings is 1. The van der Waals surface area contributed by atoms with Gasteiger partial charge in [-0.15, -0.1) is 0 Å². The number of ketones is 1. The van der Waals surface area contributed by atoms with E-state index in [9.17, 15) is 14.7 Å². The highest BCUT2D eigenvalue weighted by Crippen LogP contribution is 2.38. The van der Waals surface area contributed by atoms with Crippen molar-refractivity contribution in [1.82, 2.24) is 4.90 Å². The molecular formula is C19H19NO6. The molecule has 1 amide bonds. The quantitative estimate of drug-likeness (QED) is 0.553. The zero-order valence-electron chi connectivity index (χ0n) is 14.0. The molecule has 3 rings (SSSR count). The summed E-state index contributed by atoms with van der Waals surface area (Å²) in [6.07, 6.45) is 1.36. The number of rotatable bonds is 8. The summed E-state index contributed by atoms with van der Waals surface area (Å²) in [6.45, 7) is 0.361. The van der Waals surface area contributed by atoms with Gasteiger partial charge in [0.25, 0.3) is 5.91 Å². The number of nitrogens with zero attached hydrogens (tertiary/aromatic N) is 1. The lowest BCUT2D eigenvalue weighted by Gasteiger charge is -2.26. The van der Waals surface area contributed by atoms with Crippen molar-refractivity contribution in [3.63, 3.8) is 0 Å². The van der Waals surface area contributed by atoms with E-state index >= 15 is 0 Å². The maximum atomic E-state index is 12.8. The van der Waals surface area contributed by atoms with Crippen LogP contribution in [0.2, 0.25) is 0 Å². The molecule has 7 heteroatoms. The molecule has 1 aliphatic heterocycles. The lowest BCUT2D eigenvalue weighted by Crippen LogP contribution is -2.34. The van der Waals surface area contributed by atoms with E-state index in [2.05, 4.69) is 0 Å². The lowest BCUT2D eigenvalue weighted by atomic mass is 9.95. The highest BCUT2D eigenvalue weighted by Gasteiger charge is 2.44. The Hall–Kier alpha value is -2.90. The number of amides is 1. The van der Waals surface area contributed by atoms with Gasteiger partial charge in [0.2, 0.25) is 5.78 Å². The fourth-order valence-electron chi connectivity index (χ4n) is 2.97. The van der Waals surface area contributed by atoms with Crippen molar-refractivity contribution in [3.8, 4) is 0 Å². The standard InChI is InChI=1S/C19H19NO6/c21-9-12-25-11-8-20-16(13-5-2-1-3-6-13)15(18(23)19(20)24)17(22)14-7-4-10-26-14/h1-7,10,16,21,23H,8-9,11-12H2/t16-/m1/s1. The van der Waals surface area contributed by atoms with E-state index in [1.54, 1.807) is 30.3 Å². The normalized spacial score (nSPS) is 17.2. The molecule has 1 aromatic carbocycles. The number of ether oxygens (including phenoxy) is 1. The second kappa shape index (κ2) is 7.99. The molecule has 0 unspecified atom stereocenters. The lowest BCUT2D eigenvalue weighted by molar-refractivity contribution is -0.130. The fraction of sp³-hybridized carbons (Fsp3) is 0.263. The second-order valence-corrected chi connectivity index (χ2v) is 5.72. The van der Waals surface area contributed by atoms with Gasteiger partial charge in [-0.25, -0.2) is 0 Å². The van der Waals surface area contributed by atoms with Crippen molar-refractivity contribution in [1.29, 1.82) is 0 Å². The Morgan fingerprint density at radius 1 is 1.15 bits per heavy atom. The predicted molar refractivity (Wildman–Crippen MR) is 91.5 cm³/mol. The van der Waals surface area contributed by atoms with Crippen LogP contribution in [0.5, 0.6) is 0 Å². The number of furan rings is 1. The number of hydrogen-bond acceptors (Lipinski definition) is 6. The summed E-state index contributed by atoms with van der Waals surface area (Å²) in [4.78, 5) is 26.8. The third-order valence-electron chi connectivity index (χ3n) is 4.12. The van der Waals surface area contributed by atoms with Gasteiger partial charge in [0, 0.05) is 6.54 Å². The van der Waals surface area contributed by atoms with Gasteiger partial charge in [0.1, 0.15) is 0 Å². The molecule has 0 fully saturated rings. The van der Waals surface area contributed by atoms with Crippen molar-refractivity contribution in [2.45, 2.75) is 6.04 Å². The molecule has 2 N–H and O–H groups in total. The van der Waals surface area contributed by atoms with Crippen molar-refractivity contribution in [2.24, 2.45) is 0 Å². The smallest absolute Gasteiger partial charge is 0.290 e. The third-order valence-corrected chi connectivity index (χ3v) is 4.12. The summed E-state index contributed by atoms with van der Waals surface area (Å²) < 4.78 is 10.4. The van der Waals surface area contributed by atoms with Gasteiger partial charge in [-0.2, -0.15) is 0 Å². The van der Waals surface area contributed by atoms with Gasteiger partial charge in [0.15, 0.2) is 11.5 Å². The molecule has 2 heterocycles. The molecule has 0 bridgehead atoms. The molecule has 7 nitrogen and oxygen atoms in total. The van der Waals surface area contributed by atoms with Crippen LogP contribution in [0, 0.1) is 0 Å². The molecule has 136 valence electrons. The predicted octanol–water partition coefficient (Wildman–Crippen LogP) is 1.87. The second-order valence-electron chi connectivity index (χ2n) is 5.72. The van der Waals surface area contributed by atoms with E-state index < -0.39 is 23.5 Å². The molecule has 26 heavy (non-hydrogen) atoms. The summed E-state index contributed by atoms with van der Waals surface area (Å²) in [5.41, 5.74) is 0.681. The van der Waals surface area contributed by atoms with Gasteiger partial charge < -0.3 is 24.3 Å². The van der Waals surface area contributed by atoms with E-state index in [-0.39, 0.29) is 37.7 Å². The third kappa shape index (κ3) is 3.40. The monoisotopic (exact) mass is 357 g/mol. The number of aliphatic hydroxyl groups is 2. The number of hydrogen-bond donors (Lipinski definition) is 2. The number of Topliss-reactive ketones (excluding diaryl/α,β-unsaturated/α-hetero) is 1. The molecule has 0 aliphatic carbocycles. The van der Waals surface area contributed by atoms with Crippen molar-refractivity contribution >= 4 is 11.7 Å². The van der Waals surface area contributed by atoms with Crippen LogP contribution < -0.4 is 0 Å². The van der Waals surface area contributed by atoms with Gasteiger partial charge in [-0.05, 0) is 17.7 Å². The average Bonchev–Trinajstić information content (AvgIpc) is 3.28. The zero-order valence-corrected chi connectivity index (χ0v) is 14.0. The van der Waals surface area contributed by atoms with E-state index in [1.165, 1.54) is 17.2 Å². The van der Waals surface area contributed by atoms with Crippen LogP contribution in [-0.2, 0) is 9.53 Å².